The van der Waals surface area contributed by atoms with E-state index in [0.29, 0.717) is 19.8 Å². The molecule has 2 rings (SSSR count). The molecule has 0 saturated heterocycles. The molecule has 0 bridgehead atoms. The van der Waals surface area contributed by atoms with E-state index in [9.17, 15) is 0 Å². The van der Waals surface area contributed by atoms with Gasteiger partial charge >= 0.3 is 0 Å². The molecule has 0 amide bonds. The maximum absolute atomic E-state index is 5.53. The molecule has 1 N–H and O–H groups in total. The second kappa shape index (κ2) is 8.04. The quantitative estimate of drug-likeness (QED) is 0.750. The van der Waals surface area contributed by atoms with Gasteiger partial charge in [0.15, 0.2) is 0 Å². The lowest BCUT2D eigenvalue weighted by Crippen LogP contribution is -2.02. The van der Waals surface area contributed by atoms with Gasteiger partial charge in [-0.2, -0.15) is 0 Å². The van der Waals surface area contributed by atoms with Crippen LogP contribution in [-0.2, 0) is 22.6 Å². The van der Waals surface area contributed by atoms with E-state index in [1.807, 2.05) is 11.3 Å². The summed E-state index contributed by atoms with van der Waals surface area (Å²) in [4.78, 5) is 2.70. The van der Waals surface area contributed by atoms with Crippen LogP contribution in [0.15, 0.2) is 36.4 Å². The molecule has 1 aromatic carbocycles. The van der Waals surface area contributed by atoms with Crippen LogP contribution in [0.3, 0.4) is 0 Å². The van der Waals surface area contributed by atoms with Gasteiger partial charge in [-0.1, -0.05) is 12.1 Å². The molecule has 1 heterocycles. The van der Waals surface area contributed by atoms with E-state index >= 15 is 0 Å². The Morgan fingerprint density at radius 1 is 1.15 bits per heavy atom. The SMILES string of the molecule is COCCOCc1cccc(NCc2ccc(C)s2)c1. The Bertz CT molecular complexity index is 525. The highest BCUT2D eigenvalue weighted by Crippen LogP contribution is 2.18. The van der Waals surface area contributed by atoms with Crippen molar-refractivity contribution in [2.24, 2.45) is 0 Å². The first-order chi connectivity index (χ1) is 9.78. The number of thiophene rings is 1. The van der Waals surface area contributed by atoms with E-state index in [0.717, 1.165) is 12.2 Å². The molecular formula is C16H21NO2S. The van der Waals surface area contributed by atoms with Gasteiger partial charge in [-0.15, -0.1) is 11.3 Å². The van der Waals surface area contributed by atoms with Crippen molar-refractivity contribution in [2.75, 3.05) is 25.6 Å². The Hall–Kier alpha value is -1.36. The minimum atomic E-state index is 0.622. The average molecular weight is 291 g/mol. The first kappa shape index (κ1) is 15.0. The molecule has 0 radical (unpaired) electrons. The van der Waals surface area contributed by atoms with Gasteiger partial charge < -0.3 is 14.8 Å². The van der Waals surface area contributed by atoms with Gasteiger partial charge in [0.05, 0.1) is 19.8 Å². The molecule has 0 atom stereocenters. The van der Waals surface area contributed by atoms with E-state index in [1.165, 1.54) is 15.3 Å². The van der Waals surface area contributed by atoms with E-state index in [4.69, 9.17) is 9.47 Å². The number of ether oxygens (including phenoxy) is 2. The number of aryl methyl sites for hydroxylation is 1. The van der Waals surface area contributed by atoms with Crippen molar-refractivity contribution in [1.29, 1.82) is 0 Å². The van der Waals surface area contributed by atoms with Gasteiger partial charge in [0.25, 0.3) is 0 Å². The predicted molar refractivity (Wildman–Crippen MR) is 84.4 cm³/mol. The van der Waals surface area contributed by atoms with Crippen LogP contribution in [0.4, 0.5) is 5.69 Å². The number of rotatable bonds is 8. The van der Waals surface area contributed by atoms with Gasteiger partial charge in [-0.05, 0) is 36.8 Å². The molecule has 4 heteroatoms. The van der Waals surface area contributed by atoms with Gasteiger partial charge in [0.1, 0.15) is 0 Å². The highest BCUT2D eigenvalue weighted by Gasteiger charge is 1.99. The fourth-order valence-electron chi connectivity index (χ4n) is 1.87. The Morgan fingerprint density at radius 3 is 2.80 bits per heavy atom. The number of hydrogen-bond acceptors (Lipinski definition) is 4. The van der Waals surface area contributed by atoms with Crippen LogP contribution in [0.2, 0.25) is 0 Å². The zero-order valence-corrected chi connectivity index (χ0v) is 12.8. The minimum absolute atomic E-state index is 0.622. The molecule has 0 aliphatic carbocycles. The first-order valence-corrected chi connectivity index (χ1v) is 7.54. The second-order valence-electron chi connectivity index (χ2n) is 4.61. The first-order valence-electron chi connectivity index (χ1n) is 6.73. The summed E-state index contributed by atoms with van der Waals surface area (Å²) in [5, 5.41) is 3.45. The van der Waals surface area contributed by atoms with E-state index in [-0.39, 0.29) is 0 Å². The Labute approximate surface area is 124 Å². The molecule has 0 unspecified atom stereocenters. The third kappa shape index (κ3) is 4.96. The molecule has 0 saturated carbocycles. The van der Waals surface area contributed by atoms with E-state index in [2.05, 4.69) is 48.6 Å². The molecule has 3 nitrogen and oxygen atoms in total. The molecule has 0 fully saturated rings. The number of hydrogen-bond donors (Lipinski definition) is 1. The second-order valence-corrected chi connectivity index (χ2v) is 5.98. The normalized spacial score (nSPS) is 10.7. The lowest BCUT2D eigenvalue weighted by molar-refractivity contribution is 0.0617. The fourth-order valence-corrected chi connectivity index (χ4v) is 2.70. The van der Waals surface area contributed by atoms with E-state index < -0.39 is 0 Å². The molecule has 0 spiro atoms. The van der Waals surface area contributed by atoms with Gasteiger partial charge in [0, 0.05) is 29.1 Å². The number of methoxy groups -OCH3 is 1. The van der Waals surface area contributed by atoms with Crippen LogP contribution in [-0.4, -0.2) is 20.3 Å². The topological polar surface area (TPSA) is 30.5 Å². The zero-order chi connectivity index (χ0) is 14.2. The van der Waals surface area contributed by atoms with Crippen LogP contribution < -0.4 is 5.32 Å². The Kier molecular flexibility index (Phi) is 6.05. The van der Waals surface area contributed by atoms with Crippen LogP contribution in [0, 0.1) is 6.92 Å². The standard InChI is InChI=1S/C16H21NO2S/c1-13-6-7-16(20-13)11-17-15-5-3-4-14(10-15)12-19-9-8-18-2/h3-7,10,17H,8-9,11-12H2,1-2H3. The summed E-state index contributed by atoms with van der Waals surface area (Å²) in [6.45, 7) is 4.88. The summed E-state index contributed by atoms with van der Waals surface area (Å²) in [6, 6.07) is 12.7. The van der Waals surface area contributed by atoms with Crippen molar-refractivity contribution in [2.45, 2.75) is 20.1 Å². The van der Waals surface area contributed by atoms with Crippen LogP contribution in [0.25, 0.3) is 0 Å². The van der Waals surface area contributed by atoms with Gasteiger partial charge in [0.2, 0.25) is 0 Å². The molecule has 0 aliphatic heterocycles. The molecule has 20 heavy (non-hydrogen) atoms. The van der Waals surface area contributed by atoms with Crippen LogP contribution in [0.5, 0.6) is 0 Å². The lowest BCUT2D eigenvalue weighted by atomic mass is 10.2. The van der Waals surface area contributed by atoms with Gasteiger partial charge in [-0.3, -0.25) is 0 Å². The molecule has 108 valence electrons. The van der Waals surface area contributed by atoms with Crippen molar-refractivity contribution in [3.8, 4) is 0 Å². The predicted octanol–water partition coefficient (Wildman–Crippen LogP) is 3.83. The van der Waals surface area contributed by atoms with Crippen molar-refractivity contribution in [3.05, 3.63) is 51.7 Å². The number of nitrogens with one attached hydrogen (secondary N) is 1. The average Bonchev–Trinajstić information content (AvgIpc) is 2.88. The van der Waals surface area contributed by atoms with Crippen molar-refractivity contribution >= 4 is 17.0 Å². The van der Waals surface area contributed by atoms with Crippen molar-refractivity contribution in [3.63, 3.8) is 0 Å². The fraction of sp³-hybridized carbons (Fsp3) is 0.375. The van der Waals surface area contributed by atoms with Crippen molar-refractivity contribution < 1.29 is 9.47 Å². The van der Waals surface area contributed by atoms with E-state index in [1.54, 1.807) is 7.11 Å². The number of benzene rings is 1. The number of anilines is 1. The Balaban J connectivity index is 1.82. The summed E-state index contributed by atoms with van der Waals surface area (Å²) in [7, 11) is 1.68. The maximum Gasteiger partial charge on any atom is 0.0718 e. The van der Waals surface area contributed by atoms with Gasteiger partial charge in [-0.25, -0.2) is 0 Å². The maximum atomic E-state index is 5.53. The third-order valence-corrected chi connectivity index (χ3v) is 3.89. The summed E-state index contributed by atoms with van der Waals surface area (Å²) < 4.78 is 10.5. The minimum Gasteiger partial charge on any atom is -0.382 e. The molecule has 2 aromatic rings. The molecular weight excluding hydrogens is 270 g/mol. The smallest absolute Gasteiger partial charge is 0.0718 e. The summed E-state index contributed by atoms with van der Waals surface area (Å²) in [5.41, 5.74) is 2.30. The molecule has 0 aliphatic rings. The highest BCUT2D eigenvalue weighted by molar-refractivity contribution is 7.11. The third-order valence-electron chi connectivity index (χ3n) is 2.89. The largest absolute Gasteiger partial charge is 0.382 e. The highest BCUT2D eigenvalue weighted by atomic mass is 32.1. The van der Waals surface area contributed by atoms with Crippen LogP contribution in [0.1, 0.15) is 15.3 Å². The Morgan fingerprint density at radius 2 is 2.05 bits per heavy atom. The molecule has 1 aromatic heterocycles. The van der Waals surface area contributed by atoms with Crippen LogP contribution >= 0.6 is 11.3 Å². The zero-order valence-electron chi connectivity index (χ0n) is 12.0. The lowest BCUT2D eigenvalue weighted by Gasteiger charge is -2.08. The summed E-state index contributed by atoms with van der Waals surface area (Å²) in [5.74, 6) is 0. The van der Waals surface area contributed by atoms with Crippen molar-refractivity contribution in [1.82, 2.24) is 0 Å². The summed E-state index contributed by atoms with van der Waals surface area (Å²) >= 11 is 1.83. The monoisotopic (exact) mass is 291 g/mol. The summed E-state index contributed by atoms with van der Waals surface area (Å²) in [6.07, 6.45) is 0.